The molecule has 0 aromatic heterocycles. The van der Waals surface area contributed by atoms with Crippen LogP contribution >= 0.6 is 15.9 Å². The van der Waals surface area contributed by atoms with Gasteiger partial charge in [0.2, 0.25) is 0 Å². The molecule has 1 N–H and O–H groups in total. The number of hydrogen-bond donors (Lipinski definition) is 1. The first-order valence-corrected chi connectivity index (χ1v) is 7.42. The average molecular weight is 310 g/mol. The lowest BCUT2D eigenvalue weighted by Gasteiger charge is -2.27. The molecule has 3 heteroatoms. The van der Waals surface area contributed by atoms with E-state index < -0.39 is 0 Å². The van der Waals surface area contributed by atoms with Crippen LogP contribution in [0.2, 0.25) is 0 Å². The van der Waals surface area contributed by atoms with Crippen LogP contribution in [0.25, 0.3) is 0 Å². The van der Waals surface area contributed by atoms with Crippen LogP contribution in [-0.4, -0.2) is 11.9 Å². The number of hydrogen-bond acceptors (Lipinski definition) is 1. The van der Waals surface area contributed by atoms with Crippen molar-refractivity contribution in [3.63, 3.8) is 0 Å². The van der Waals surface area contributed by atoms with Crippen molar-refractivity contribution in [3.05, 3.63) is 33.8 Å². The van der Waals surface area contributed by atoms with E-state index in [0.717, 1.165) is 34.4 Å². The van der Waals surface area contributed by atoms with Crippen molar-refractivity contribution in [2.24, 2.45) is 5.92 Å². The number of carbonyl (C=O) groups excluding carboxylic acids is 1. The van der Waals surface area contributed by atoms with Crippen LogP contribution in [0.4, 0.5) is 0 Å². The highest BCUT2D eigenvalue weighted by Gasteiger charge is 2.21. The summed E-state index contributed by atoms with van der Waals surface area (Å²) in [4.78, 5) is 12.3. The number of aryl methyl sites for hydroxylation is 1. The zero-order chi connectivity index (χ0) is 13.1. The molecule has 1 amide bonds. The van der Waals surface area contributed by atoms with Crippen molar-refractivity contribution in [1.82, 2.24) is 5.32 Å². The molecule has 2 unspecified atom stereocenters. The first kappa shape index (κ1) is 13.6. The van der Waals surface area contributed by atoms with Crippen molar-refractivity contribution in [1.29, 1.82) is 0 Å². The molecule has 0 heterocycles. The molecule has 1 aromatic rings. The maximum atomic E-state index is 12.3. The topological polar surface area (TPSA) is 29.1 Å². The summed E-state index contributed by atoms with van der Waals surface area (Å²) in [6.45, 7) is 4.24. The van der Waals surface area contributed by atoms with Crippen LogP contribution in [0, 0.1) is 12.8 Å². The second-order valence-electron chi connectivity index (χ2n) is 5.40. The Morgan fingerprint density at radius 3 is 2.89 bits per heavy atom. The van der Waals surface area contributed by atoms with Crippen molar-refractivity contribution in [2.45, 2.75) is 45.6 Å². The fourth-order valence-corrected chi connectivity index (χ4v) is 3.03. The number of rotatable bonds is 2. The second-order valence-corrected chi connectivity index (χ2v) is 6.32. The molecule has 1 aliphatic carbocycles. The van der Waals surface area contributed by atoms with Crippen LogP contribution in [0.1, 0.15) is 48.5 Å². The smallest absolute Gasteiger partial charge is 0.251 e. The highest BCUT2D eigenvalue weighted by molar-refractivity contribution is 9.10. The van der Waals surface area contributed by atoms with E-state index in [2.05, 4.69) is 28.2 Å². The molecular formula is C15H20BrNO. The predicted molar refractivity (Wildman–Crippen MR) is 77.8 cm³/mol. The molecule has 0 spiro atoms. The molecule has 98 valence electrons. The van der Waals surface area contributed by atoms with E-state index in [0.29, 0.717) is 6.04 Å². The van der Waals surface area contributed by atoms with E-state index >= 15 is 0 Å². The maximum absolute atomic E-state index is 12.3. The van der Waals surface area contributed by atoms with Gasteiger partial charge in [-0.3, -0.25) is 4.79 Å². The third-order valence-corrected chi connectivity index (χ3v) is 4.21. The first-order chi connectivity index (χ1) is 8.56. The number of halogens is 1. The molecule has 2 nitrogen and oxygen atoms in total. The number of nitrogens with one attached hydrogen (secondary N) is 1. The van der Waals surface area contributed by atoms with Crippen molar-refractivity contribution in [2.75, 3.05) is 0 Å². The SMILES string of the molecule is Cc1ccc(Br)cc1C(=O)NC1CCCC(C)C1. The van der Waals surface area contributed by atoms with Crippen LogP contribution in [-0.2, 0) is 0 Å². The molecule has 1 saturated carbocycles. The van der Waals surface area contributed by atoms with Gasteiger partial charge in [-0.1, -0.05) is 41.8 Å². The van der Waals surface area contributed by atoms with E-state index in [9.17, 15) is 4.79 Å². The van der Waals surface area contributed by atoms with Crippen LogP contribution in [0.15, 0.2) is 22.7 Å². The highest BCUT2D eigenvalue weighted by Crippen LogP contribution is 2.24. The molecule has 1 aromatic carbocycles. The minimum Gasteiger partial charge on any atom is -0.349 e. The Kier molecular flexibility index (Phi) is 4.44. The molecule has 0 bridgehead atoms. The normalized spacial score (nSPS) is 23.7. The van der Waals surface area contributed by atoms with Gasteiger partial charge in [0.15, 0.2) is 0 Å². The average Bonchev–Trinajstić information content (AvgIpc) is 2.32. The van der Waals surface area contributed by atoms with Crippen molar-refractivity contribution in [3.8, 4) is 0 Å². The third kappa shape index (κ3) is 3.35. The Hall–Kier alpha value is -0.830. The third-order valence-electron chi connectivity index (χ3n) is 3.72. The first-order valence-electron chi connectivity index (χ1n) is 6.63. The molecule has 0 saturated heterocycles. The molecule has 2 atom stereocenters. The van der Waals surface area contributed by atoms with Gasteiger partial charge in [-0.15, -0.1) is 0 Å². The summed E-state index contributed by atoms with van der Waals surface area (Å²) in [6.07, 6.45) is 4.74. The standard InChI is InChI=1S/C15H20BrNO/c1-10-4-3-5-13(8-10)17-15(18)14-9-12(16)7-6-11(14)2/h6-7,9-10,13H,3-5,8H2,1-2H3,(H,17,18). The molecule has 0 aliphatic heterocycles. The van der Waals surface area contributed by atoms with Crippen molar-refractivity contribution >= 4 is 21.8 Å². The largest absolute Gasteiger partial charge is 0.349 e. The zero-order valence-electron chi connectivity index (χ0n) is 11.0. The van der Waals surface area contributed by atoms with E-state index in [-0.39, 0.29) is 5.91 Å². The Morgan fingerprint density at radius 1 is 1.39 bits per heavy atom. The summed E-state index contributed by atoms with van der Waals surface area (Å²) in [6, 6.07) is 6.19. The summed E-state index contributed by atoms with van der Waals surface area (Å²) in [7, 11) is 0. The van der Waals surface area contributed by atoms with Gasteiger partial charge in [0.1, 0.15) is 0 Å². The molecule has 2 rings (SSSR count). The summed E-state index contributed by atoms with van der Waals surface area (Å²) in [5.41, 5.74) is 1.81. The lowest BCUT2D eigenvalue weighted by molar-refractivity contribution is 0.0920. The Labute approximate surface area is 117 Å². The van der Waals surface area contributed by atoms with Gasteiger partial charge < -0.3 is 5.32 Å². The summed E-state index contributed by atoms with van der Waals surface area (Å²) >= 11 is 3.42. The van der Waals surface area contributed by atoms with E-state index in [4.69, 9.17) is 0 Å². The van der Waals surface area contributed by atoms with Crippen LogP contribution < -0.4 is 5.32 Å². The fraction of sp³-hybridized carbons (Fsp3) is 0.533. The molecule has 18 heavy (non-hydrogen) atoms. The van der Waals surface area contributed by atoms with Gasteiger partial charge in [-0.25, -0.2) is 0 Å². The van der Waals surface area contributed by atoms with Gasteiger partial charge in [0, 0.05) is 16.1 Å². The Bertz CT molecular complexity index is 444. The van der Waals surface area contributed by atoms with Crippen LogP contribution in [0.3, 0.4) is 0 Å². The number of benzene rings is 1. The fourth-order valence-electron chi connectivity index (χ4n) is 2.67. The quantitative estimate of drug-likeness (QED) is 0.876. The van der Waals surface area contributed by atoms with E-state index in [1.807, 2.05) is 25.1 Å². The lowest BCUT2D eigenvalue weighted by Crippen LogP contribution is -2.38. The molecule has 1 aliphatic rings. The predicted octanol–water partition coefficient (Wildman–Crippen LogP) is 4.07. The number of amides is 1. The van der Waals surface area contributed by atoms with E-state index in [1.165, 1.54) is 12.8 Å². The van der Waals surface area contributed by atoms with Crippen LogP contribution in [0.5, 0.6) is 0 Å². The van der Waals surface area contributed by atoms with Gasteiger partial charge in [-0.05, 0) is 43.4 Å². The summed E-state index contributed by atoms with van der Waals surface area (Å²) in [5.74, 6) is 0.792. The Morgan fingerprint density at radius 2 is 2.17 bits per heavy atom. The minimum absolute atomic E-state index is 0.0629. The highest BCUT2D eigenvalue weighted by atomic mass is 79.9. The Balaban J connectivity index is 2.05. The number of carbonyl (C=O) groups is 1. The lowest BCUT2D eigenvalue weighted by atomic mass is 9.87. The monoisotopic (exact) mass is 309 g/mol. The van der Waals surface area contributed by atoms with Gasteiger partial charge in [-0.2, -0.15) is 0 Å². The minimum atomic E-state index is 0.0629. The van der Waals surface area contributed by atoms with Gasteiger partial charge in [0.05, 0.1) is 0 Å². The zero-order valence-corrected chi connectivity index (χ0v) is 12.6. The van der Waals surface area contributed by atoms with Gasteiger partial charge in [0.25, 0.3) is 5.91 Å². The van der Waals surface area contributed by atoms with Crippen molar-refractivity contribution < 1.29 is 4.79 Å². The summed E-state index contributed by atoms with van der Waals surface area (Å²) in [5, 5.41) is 3.17. The van der Waals surface area contributed by atoms with E-state index in [1.54, 1.807) is 0 Å². The molecule has 0 radical (unpaired) electrons. The molecular weight excluding hydrogens is 290 g/mol. The maximum Gasteiger partial charge on any atom is 0.251 e. The summed E-state index contributed by atoms with van der Waals surface area (Å²) < 4.78 is 0.954. The second kappa shape index (κ2) is 5.87. The molecule has 1 fully saturated rings. The van der Waals surface area contributed by atoms with Gasteiger partial charge >= 0.3 is 0 Å².